The lowest BCUT2D eigenvalue weighted by Gasteiger charge is -2.14. The molecule has 150 valence electrons. The van der Waals surface area contributed by atoms with Crippen molar-refractivity contribution in [1.82, 2.24) is 9.59 Å². The molecule has 3 N–H and O–H groups in total. The molecule has 3 rings (SSSR count). The number of nitrogens with zero attached hydrogens (tertiary/aromatic N) is 2. The molecule has 2 aromatic carbocycles. The molecule has 0 spiro atoms. The first kappa shape index (κ1) is 20.4. The Labute approximate surface area is 175 Å². The first-order valence-electron chi connectivity index (χ1n) is 8.18. The van der Waals surface area contributed by atoms with Crippen molar-refractivity contribution >= 4 is 52.1 Å². The maximum Gasteiger partial charge on any atom is 0.323 e. The van der Waals surface area contributed by atoms with Crippen molar-refractivity contribution in [1.29, 1.82) is 0 Å². The number of benzene rings is 2. The minimum Gasteiger partial charge on any atom is -0.495 e. The Bertz CT molecular complexity index is 1010. The van der Waals surface area contributed by atoms with Crippen molar-refractivity contribution in [2.45, 2.75) is 0 Å². The molecule has 0 unspecified atom stereocenters. The normalized spacial score (nSPS) is 10.2. The Kier molecular flexibility index (Phi) is 6.47. The molecule has 0 saturated heterocycles. The average molecular weight is 434 g/mol. The standard InChI is InChI=1S/C18H16ClN5O4S/c1-27-15-8-16(28-2)13(7-12(15)19)22-18(26)21-11-5-3-10(4-6-11)20-17(25)14-9-29-24-23-14/h3-9H,1-2H3,(H,20,25)(H2,21,22,26). The average Bonchev–Trinajstić information content (AvgIpc) is 3.25. The summed E-state index contributed by atoms with van der Waals surface area (Å²) in [6, 6.07) is 9.21. The Hall–Kier alpha value is -3.37. The van der Waals surface area contributed by atoms with Gasteiger partial charge in [0.1, 0.15) is 11.5 Å². The molecular formula is C18H16ClN5O4S. The number of carbonyl (C=O) groups excluding carboxylic acids is 2. The van der Waals surface area contributed by atoms with Gasteiger partial charge in [-0.25, -0.2) is 4.79 Å². The second-order valence-electron chi connectivity index (χ2n) is 5.59. The number of nitrogens with one attached hydrogen (secondary N) is 3. The third kappa shape index (κ3) is 5.12. The molecule has 0 aliphatic heterocycles. The van der Waals surface area contributed by atoms with Crippen LogP contribution in [0.2, 0.25) is 5.02 Å². The van der Waals surface area contributed by atoms with E-state index in [-0.39, 0.29) is 11.6 Å². The van der Waals surface area contributed by atoms with Crippen LogP contribution in [0.4, 0.5) is 21.9 Å². The smallest absolute Gasteiger partial charge is 0.323 e. The molecule has 0 saturated carbocycles. The van der Waals surface area contributed by atoms with E-state index in [9.17, 15) is 9.59 Å². The molecule has 0 atom stereocenters. The van der Waals surface area contributed by atoms with Crippen molar-refractivity contribution in [2.24, 2.45) is 0 Å². The van der Waals surface area contributed by atoms with E-state index in [2.05, 4.69) is 25.5 Å². The van der Waals surface area contributed by atoms with Gasteiger partial charge in [0.2, 0.25) is 0 Å². The van der Waals surface area contributed by atoms with Crippen molar-refractivity contribution in [3.63, 3.8) is 0 Å². The number of hydrogen-bond donors (Lipinski definition) is 3. The van der Waals surface area contributed by atoms with Gasteiger partial charge in [-0.05, 0) is 41.9 Å². The number of aromatic nitrogens is 2. The summed E-state index contributed by atoms with van der Waals surface area (Å²) < 4.78 is 14.0. The third-order valence-electron chi connectivity index (χ3n) is 3.72. The molecule has 1 aromatic heterocycles. The highest BCUT2D eigenvalue weighted by Gasteiger charge is 2.13. The number of methoxy groups -OCH3 is 2. The van der Waals surface area contributed by atoms with Crippen LogP contribution in [-0.4, -0.2) is 35.7 Å². The van der Waals surface area contributed by atoms with E-state index in [1.165, 1.54) is 20.3 Å². The monoisotopic (exact) mass is 433 g/mol. The summed E-state index contributed by atoms with van der Waals surface area (Å²) >= 11 is 7.20. The van der Waals surface area contributed by atoms with Gasteiger partial charge in [0.15, 0.2) is 5.69 Å². The highest BCUT2D eigenvalue weighted by Crippen LogP contribution is 2.35. The summed E-state index contributed by atoms with van der Waals surface area (Å²) in [5.41, 5.74) is 1.70. The van der Waals surface area contributed by atoms with Crippen LogP contribution >= 0.6 is 23.1 Å². The zero-order valence-corrected chi connectivity index (χ0v) is 16.9. The van der Waals surface area contributed by atoms with Crippen molar-refractivity contribution in [3.05, 3.63) is 52.5 Å². The van der Waals surface area contributed by atoms with Crippen LogP contribution in [0, 0.1) is 0 Å². The predicted octanol–water partition coefficient (Wildman–Crippen LogP) is 4.11. The van der Waals surface area contributed by atoms with Gasteiger partial charge in [0, 0.05) is 22.8 Å². The molecule has 9 nitrogen and oxygen atoms in total. The van der Waals surface area contributed by atoms with Crippen molar-refractivity contribution in [2.75, 3.05) is 30.2 Å². The Morgan fingerprint density at radius 2 is 1.62 bits per heavy atom. The largest absolute Gasteiger partial charge is 0.495 e. The van der Waals surface area contributed by atoms with E-state index in [4.69, 9.17) is 21.1 Å². The summed E-state index contributed by atoms with van der Waals surface area (Å²) in [6.07, 6.45) is 0. The first-order valence-corrected chi connectivity index (χ1v) is 9.39. The molecule has 0 bridgehead atoms. The molecule has 1 heterocycles. The van der Waals surface area contributed by atoms with E-state index < -0.39 is 6.03 Å². The van der Waals surface area contributed by atoms with Crippen LogP contribution in [0.1, 0.15) is 10.5 Å². The zero-order valence-electron chi connectivity index (χ0n) is 15.4. The van der Waals surface area contributed by atoms with Crippen LogP contribution in [0.25, 0.3) is 0 Å². The third-order valence-corrected chi connectivity index (χ3v) is 4.52. The van der Waals surface area contributed by atoms with Gasteiger partial charge in [-0.1, -0.05) is 16.1 Å². The summed E-state index contributed by atoms with van der Waals surface area (Å²) in [5, 5.41) is 13.6. The first-order chi connectivity index (χ1) is 14.0. The highest BCUT2D eigenvalue weighted by molar-refractivity contribution is 7.03. The van der Waals surface area contributed by atoms with Gasteiger partial charge in [-0.3, -0.25) is 4.79 Å². The molecule has 11 heteroatoms. The van der Waals surface area contributed by atoms with E-state index in [0.717, 1.165) is 11.5 Å². The summed E-state index contributed by atoms with van der Waals surface area (Å²) in [6.45, 7) is 0. The lowest BCUT2D eigenvalue weighted by atomic mass is 10.2. The topological polar surface area (TPSA) is 114 Å². The van der Waals surface area contributed by atoms with E-state index in [0.29, 0.717) is 33.6 Å². The van der Waals surface area contributed by atoms with Gasteiger partial charge in [-0.15, -0.1) is 5.10 Å². The second kappa shape index (κ2) is 9.22. The highest BCUT2D eigenvalue weighted by atomic mass is 35.5. The predicted molar refractivity (Wildman–Crippen MR) is 112 cm³/mol. The van der Waals surface area contributed by atoms with Crippen LogP contribution < -0.4 is 25.4 Å². The van der Waals surface area contributed by atoms with E-state index in [1.54, 1.807) is 35.7 Å². The number of halogens is 1. The molecule has 3 amide bonds. The number of rotatable bonds is 6. The summed E-state index contributed by atoms with van der Waals surface area (Å²) in [7, 11) is 2.96. The van der Waals surface area contributed by atoms with Crippen LogP contribution in [0.15, 0.2) is 41.8 Å². The molecule has 0 fully saturated rings. The second-order valence-corrected chi connectivity index (χ2v) is 6.60. The Balaban J connectivity index is 1.62. The quantitative estimate of drug-likeness (QED) is 0.539. The van der Waals surface area contributed by atoms with Gasteiger partial charge in [0.25, 0.3) is 5.91 Å². The number of urea groups is 1. The van der Waals surface area contributed by atoms with Gasteiger partial charge in [-0.2, -0.15) is 0 Å². The fraction of sp³-hybridized carbons (Fsp3) is 0.111. The molecule has 0 aliphatic rings. The van der Waals surface area contributed by atoms with Crippen LogP contribution in [0.5, 0.6) is 11.5 Å². The van der Waals surface area contributed by atoms with Gasteiger partial charge in [0.05, 0.1) is 24.9 Å². The van der Waals surface area contributed by atoms with Crippen LogP contribution in [-0.2, 0) is 0 Å². The van der Waals surface area contributed by atoms with Gasteiger partial charge >= 0.3 is 6.03 Å². The molecule has 29 heavy (non-hydrogen) atoms. The molecule has 0 radical (unpaired) electrons. The lowest BCUT2D eigenvalue weighted by Crippen LogP contribution is -2.20. The Morgan fingerprint density at radius 1 is 0.966 bits per heavy atom. The molecule has 0 aliphatic carbocycles. The molecular weight excluding hydrogens is 418 g/mol. The fourth-order valence-corrected chi connectivity index (χ4v) is 3.02. The number of anilines is 3. The Morgan fingerprint density at radius 3 is 2.21 bits per heavy atom. The maximum atomic E-state index is 12.3. The summed E-state index contributed by atoms with van der Waals surface area (Å²) in [5.74, 6) is 0.470. The van der Waals surface area contributed by atoms with Crippen LogP contribution in [0.3, 0.4) is 0 Å². The van der Waals surface area contributed by atoms with Crippen molar-refractivity contribution in [3.8, 4) is 11.5 Å². The lowest BCUT2D eigenvalue weighted by molar-refractivity contribution is 0.102. The zero-order chi connectivity index (χ0) is 20.8. The van der Waals surface area contributed by atoms with E-state index >= 15 is 0 Å². The van der Waals surface area contributed by atoms with E-state index in [1.807, 2.05) is 0 Å². The fourth-order valence-electron chi connectivity index (χ4n) is 2.34. The number of hydrogen-bond acceptors (Lipinski definition) is 7. The van der Waals surface area contributed by atoms with Gasteiger partial charge < -0.3 is 25.4 Å². The maximum absolute atomic E-state index is 12.3. The number of ether oxygens (including phenoxy) is 2. The SMILES string of the molecule is COc1cc(OC)c(NC(=O)Nc2ccc(NC(=O)c3csnn3)cc2)cc1Cl. The number of amides is 3. The molecule has 3 aromatic rings. The minimum atomic E-state index is -0.491. The minimum absolute atomic E-state index is 0.240. The number of carbonyl (C=O) groups is 2. The summed E-state index contributed by atoms with van der Waals surface area (Å²) in [4.78, 5) is 24.3. The van der Waals surface area contributed by atoms with Crippen molar-refractivity contribution < 1.29 is 19.1 Å².